The predicted octanol–water partition coefficient (Wildman–Crippen LogP) is 1.21. The SMILES string of the molecule is C=CCC(NC(=O)N1CCCC1C)C(=O)O. The third kappa shape index (κ3) is 2.98. The number of carbonyl (C=O) groups is 2. The van der Waals surface area contributed by atoms with Crippen LogP contribution in [-0.4, -0.2) is 40.6 Å². The number of nitrogens with zero attached hydrogens (tertiary/aromatic N) is 1. The van der Waals surface area contributed by atoms with Crippen LogP contribution in [0.25, 0.3) is 0 Å². The van der Waals surface area contributed by atoms with Crippen molar-refractivity contribution < 1.29 is 14.7 Å². The minimum Gasteiger partial charge on any atom is -0.480 e. The highest BCUT2D eigenvalue weighted by Gasteiger charge is 2.28. The fraction of sp³-hybridized carbons (Fsp3) is 0.636. The van der Waals surface area contributed by atoms with Gasteiger partial charge in [-0.25, -0.2) is 9.59 Å². The number of hydrogen-bond acceptors (Lipinski definition) is 2. The Kier molecular flexibility index (Phi) is 4.34. The zero-order valence-corrected chi connectivity index (χ0v) is 9.48. The number of rotatable bonds is 4. The van der Waals surface area contributed by atoms with Crippen molar-refractivity contribution in [3.05, 3.63) is 12.7 Å². The summed E-state index contributed by atoms with van der Waals surface area (Å²) in [7, 11) is 0. The number of amides is 2. The van der Waals surface area contributed by atoms with Crippen LogP contribution in [0.15, 0.2) is 12.7 Å². The lowest BCUT2D eigenvalue weighted by Crippen LogP contribution is -2.48. The summed E-state index contributed by atoms with van der Waals surface area (Å²) in [4.78, 5) is 24.3. The van der Waals surface area contributed by atoms with Crippen molar-refractivity contribution >= 4 is 12.0 Å². The van der Waals surface area contributed by atoms with Gasteiger partial charge in [-0.3, -0.25) is 0 Å². The average molecular weight is 226 g/mol. The fourth-order valence-electron chi connectivity index (χ4n) is 1.86. The largest absolute Gasteiger partial charge is 0.480 e. The number of carboxylic acid groups (broad SMARTS) is 1. The van der Waals surface area contributed by atoms with E-state index in [1.54, 1.807) is 4.90 Å². The molecule has 0 aromatic heterocycles. The zero-order chi connectivity index (χ0) is 12.1. The van der Waals surface area contributed by atoms with Crippen LogP contribution in [-0.2, 0) is 4.79 Å². The summed E-state index contributed by atoms with van der Waals surface area (Å²) in [6, 6.07) is -0.977. The smallest absolute Gasteiger partial charge is 0.326 e. The summed E-state index contributed by atoms with van der Waals surface area (Å²) < 4.78 is 0. The Morgan fingerprint density at radius 1 is 1.69 bits per heavy atom. The molecule has 2 unspecified atom stereocenters. The molecule has 0 aliphatic carbocycles. The second-order valence-corrected chi connectivity index (χ2v) is 4.05. The zero-order valence-electron chi connectivity index (χ0n) is 9.48. The first-order chi connectivity index (χ1) is 7.56. The standard InChI is InChI=1S/C11H18N2O3/c1-3-5-9(10(14)15)12-11(16)13-7-4-6-8(13)2/h3,8-9H,1,4-7H2,2H3,(H,12,16)(H,14,15). The summed E-state index contributed by atoms with van der Waals surface area (Å²) in [5.74, 6) is -1.03. The van der Waals surface area contributed by atoms with Gasteiger partial charge in [-0.05, 0) is 26.2 Å². The number of aliphatic carboxylic acids is 1. The number of urea groups is 1. The molecule has 1 aliphatic heterocycles. The molecule has 90 valence electrons. The predicted molar refractivity (Wildman–Crippen MR) is 60.2 cm³/mol. The molecule has 0 spiro atoms. The summed E-state index contributed by atoms with van der Waals surface area (Å²) >= 11 is 0. The summed E-state index contributed by atoms with van der Waals surface area (Å²) in [5, 5.41) is 11.4. The highest BCUT2D eigenvalue weighted by molar-refractivity contribution is 5.83. The number of hydrogen-bond donors (Lipinski definition) is 2. The minimum atomic E-state index is -1.03. The van der Waals surface area contributed by atoms with Crippen molar-refractivity contribution in [2.75, 3.05) is 6.54 Å². The molecule has 0 saturated carbocycles. The highest BCUT2D eigenvalue weighted by Crippen LogP contribution is 2.16. The Hall–Kier alpha value is -1.52. The van der Waals surface area contributed by atoms with Crippen molar-refractivity contribution in [3.8, 4) is 0 Å². The second kappa shape index (κ2) is 5.53. The van der Waals surface area contributed by atoms with Gasteiger partial charge in [0.2, 0.25) is 0 Å². The number of carbonyl (C=O) groups excluding carboxylic acids is 1. The number of carboxylic acids is 1. The topological polar surface area (TPSA) is 69.6 Å². The maximum Gasteiger partial charge on any atom is 0.326 e. The van der Waals surface area contributed by atoms with Crippen LogP contribution >= 0.6 is 0 Å². The quantitative estimate of drug-likeness (QED) is 0.708. The van der Waals surface area contributed by atoms with Crippen LogP contribution in [0.5, 0.6) is 0 Å². The van der Waals surface area contributed by atoms with E-state index in [9.17, 15) is 9.59 Å². The molecule has 2 atom stereocenters. The molecule has 5 heteroatoms. The van der Waals surface area contributed by atoms with Crippen LogP contribution in [0.1, 0.15) is 26.2 Å². The van der Waals surface area contributed by atoms with E-state index >= 15 is 0 Å². The van der Waals surface area contributed by atoms with Crippen LogP contribution in [0.3, 0.4) is 0 Å². The van der Waals surface area contributed by atoms with Gasteiger partial charge in [-0.2, -0.15) is 0 Å². The normalized spacial score (nSPS) is 21.6. The Morgan fingerprint density at radius 3 is 2.81 bits per heavy atom. The molecule has 2 amide bonds. The van der Waals surface area contributed by atoms with Gasteiger partial charge in [0.15, 0.2) is 0 Å². The van der Waals surface area contributed by atoms with E-state index in [1.165, 1.54) is 6.08 Å². The number of nitrogens with one attached hydrogen (secondary N) is 1. The van der Waals surface area contributed by atoms with Crippen molar-refractivity contribution in [1.29, 1.82) is 0 Å². The first-order valence-corrected chi connectivity index (χ1v) is 5.47. The summed E-state index contributed by atoms with van der Waals surface area (Å²) in [6.07, 6.45) is 3.69. The van der Waals surface area contributed by atoms with E-state index < -0.39 is 12.0 Å². The molecule has 0 aromatic rings. The van der Waals surface area contributed by atoms with Gasteiger partial charge in [0.25, 0.3) is 0 Å². The third-order valence-electron chi connectivity index (χ3n) is 2.81. The Morgan fingerprint density at radius 2 is 2.38 bits per heavy atom. The maximum atomic E-state index is 11.8. The fourth-order valence-corrected chi connectivity index (χ4v) is 1.86. The Bertz CT molecular complexity index is 291. The van der Waals surface area contributed by atoms with Crippen molar-refractivity contribution in [1.82, 2.24) is 10.2 Å². The van der Waals surface area contributed by atoms with E-state index in [1.807, 2.05) is 6.92 Å². The first kappa shape index (κ1) is 12.5. The molecular formula is C11H18N2O3. The summed E-state index contributed by atoms with van der Waals surface area (Å²) in [6.45, 7) is 6.14. The van der Waals surface area contributed by atoms with E-state index in [2.05, 4.69) is 11.9 Å². The average Bonchev–Trinajstić information content (AvgIpc) is 2.63. The van der Waals surface area contributed by atoms with Gasteiger partial charge in [-0.15, -0.1) is 6.58 Å². The molecule has 16 heavy (non-hydrogen) atoms. The lowest BCUT2D eigenvalue weighted by molar-refractivity contribution is -0.139. The third-order valence-corrected chi connectivity index (χ3v) is 2.81. The molecule has 2 N–H and O–H groups in total. The molecular weight excluding hydrogens is 208 g/mol. The van der Waals surface area contributed by atoms with Crippen LogP contribution in [0.4, 0.5) is 4.79 Å². The maximum absolute atomic E-state index is 11.8. The van der Waals surface area contributed by atoms with E-state index in [0.717, 1.165) is 12.8 Å². The van der Waals surface area contributed by atoms with Crippen molar-refractivity contribution in [3.63, 3.8) is 0 Å². The molecule has 0 bridgehead atoms. The first-order valence-electron chi connectivity index (χ1n) is 5.47. The molecule has 0 aromatic carbocycles. The van der Waals surface area contributed by atoms with Crippen LogP contribution in [0, 0.1) is 0 Å². The van der Waals surface area contributed by atoms with E-state index in [-0.39, 0.29) is 18.5 Å². The van der Waals surface area contributed by atoms with Crippen molar-refractivity contribution in [2.45, 2.75) is 38.3 Å². The van der Waals surface area contributed by atoms with Crippen LogP contribution < -0.4 is 5.32 Å². The van der Waals surface area contributed by atoms with Crippen molar-refractivity contribution in [2.24, 2.45) is 0 Å². The number of likely N-dealkylation sites (tertiary alicyclic amines) is 1. The van der Waals surface area contributed by atoms with Gasteiger partial charge in [-0.1, -0.05) is 6.08 Å². The molecule has 1 heterocycles. The van der Waals surface area contributed by atoms with Gasteiger partial charge in [0.1, 0.15) is 6.04 Å². The monoisotopic (exact) mass is 226 g/mol. The second-order valence-electron chi connectivity index (χ2n) is 4.05. The van der Waals surface area contributed by atoms with E-state index in [4.69, 9.17) is 5.11 Å². The molecule has 1 saturated heterocycles. The van der Waals surface area contributed by atoms with E-state index in [0.29, 0.717) is 6.54 Å². The molecule has 1 rings (SSSR count). The van der Waals surface area contributed by atoms with Gasteiger partial charge in [0.05, 0.1) is 0 Å². The Labute approximate surface area is 95.1 Å². The minimum absolute atomic E-state index is 0.193. The van der Waals surface area contributed by atoms with Gasteiger partial charge in [0, 0.05) is 12.6 Å². The summed E-state index contributed by atoms with van der Waals surface area (Å²) in [5.41, 5.74) is 0. The van der Waals surface area contributed by atoms with Crippen LogP contribution in [0.2, 0.25) is 0 Å². The molecule has 1 fully saturated rings. The molecule has 5 nitrogen and oxygen atoms in total. The lowest BCUT2D eigenvalue weighted by atomic mass is 10.2. The Balaban J connectivity index is 2.53. The van der Waals surface area contributed by atoms with Gasteiger partial charge >= 0.3 is 12.0 Å². The highest BCUT2D eigenvalue weighted by atomic mass is 16.4. The lowest BCUT2D eigenvalue weighted by Gasteiger charge is -2.23. The van der Waals surface area contributed by atoms with Gasteiger partial charge < -0.3 is 15.3 Å². The molecule has 1 aliphatic rings. The molecule has 0 radical (unpaired) electrons.